The van der Waals surface area contributed by atoms with Gasteiger partial charge in [-0.3, -0.25) is 9.59 Å². The first kappa shape index (κ1) is 18.0. The Labute approximate surface area is 154 Å². The standard InChI is InChI=1S/C21H24N2O3/c1-3-26-19-10-8-18(9-11-19)23-14-17(12-20(23)24)21(25)22-13-16-6-4-15(2)5-7-16/h4-11,17H,3,12-14H2,1-2H3,(H,22,25)/t17-/m0/s1. The van der Waals surface area contributed by atoms with Crippen molar-refractivity contribution >= 4 is 17.5 Å². The zero-order valence-electron chi connectivity index (χ0n) is 15.2. The smallest absolute Gasteiger partial charge is 0.227 e. The number of benzene rings is 2. The van der Waals surface area contributed by atoms with Crippen molar-refractivity contribution in [3.05, 3.63) is 59.7 Å². The number of aryl methyl sites for hydroxylation is 1. The van der Waals surface area contributed by atoms with Gasteiger partial charge in [-0.05, 0) is 43.7 Å². The molecular weight excluding hydrogens is 328 g/mol. The maximum Gasteiger partial charge on any atom is 0.227 e. The van der Waals surface area contributed by atoms with Crippen LogP contribution in [0.4, 0.5) is 5.69 Å². The van der Waals surface area contributed by atoms with Crippen molar-refractivity contribution in [2.24, 2.45) is 5.92 Å². The van der Waals surface area contributed by atoms with Gasteiger partial charge >= 0.3 is 0 Å². The molecule has 1 N–H and O–H groups in total. The molecule has 1 aliphatic heterocycles. The normalized spacial score (nSPS) is 16.6. The summed E-state index contributed by atoms with van der Waals surface area (Å²) < 4.78 is 5.42. The van der Waals surface area contributed by atoms with Crippen LogP contribution in [0.3, 0.4) is 0 Å². The second kappa shape index (κ2) is 8.04. The monoisotopic (exact) mass is 352 g/mol. The summed E-state index contributed by atoms with van der Waals surface area (Å²) in [5.41, 5.74) is 3.04. The minimum atomic E-state index is -0.320. The highest BCUT2D eigenvalue weighted by Crippen LogP contribution is 2.27. The Balaban J connectivity index is 1.57. The zero-order valence-corrected chi connectivity index (χ0v) is 15.2. The van der Waals surface area contributed by atoms with Crippen molar-refractivity contribution in [1.82, 2.24) is 5.32 Å². The highest BCUT2D eigenvalue weighted by atomic mass is 16.5. The summed E-state index contributed by atoms with van der Waals surface area (Å²) in [6.45, 7) is 5.45. The van der Waals surface area contributed by atoms with Crippen molar-refractivity contribution in [2.45, 2.75) is 26.8 Å². The van der Waals surface area contributed by atoms with Crippen LogP contribution in [0.15, 0.2) is 48.5 Å². The van der Waals surface area contributed by atoms with E-state index in [4.69, 9.17) is 4.74 Å². The van der Waals surface area contributed by atoms with E-state index in [1.165, 1.54) is 5.56 Å². The maximum atomic E-state index is 12.4. The Kier molecular flexibility index (Phi) is 5.56. The Morgan fingerprint density at radius 1 is 1.15 bits per heavy atom. The average molecular weight is 352 g/mol. The van der Waals surface area contributed by atoms with Crippen molar-refractivity contribution in [2.75, 3.05) is 18.1 Å². The van der Waals surface area contributed by atoms with Gasteiger partial charge in [-0.2, -0.15) is 0 Å². The van der Waals surface area contributed by atoms with E-state index in [2.05, 4.69) is 5.32 Å². The summed E-state index contributed by atoms with van der Waals surface area (Å²) in [5.74, 6) is 0.354. The lowest BCUT2D eigenvalue weighted by molar-refractivity contribution is -0.126. The molecule has 0 bridgehead atoms. The van der Waals surface area contributed by atoms with Crippen LogP contribution in [0.1, 0.15) is 24.5 Å². The molecule has 1 atom stereocenters. The second-order valence-corrected chi connectivity index (χ2v) is 6.54. The average Bonchev–Trinajstić information content (AvgIpc) is 3.04. The van der Waals surface area contributed by atoms with Crippen LogP contribution in [0, 0.1) is 12.8 Å². The largest absolute Gasteiger partial charge is 0.494 e. The van der Waals surface area contributed by atoms with Crippen LogP contribution >= 0.6 is 0 Å². The van der Waals surface area contributed by atoms with Crippen LogP contribution in [0.2, 0.25) is 0 Å². The molecule has 1 heterocycles. The van der Waals surface area contributed by atoms with Crippen LogP contribution in [-0.4, -0.2) is 25.0 Å². The SMILES string of the molecule is CCOc1ccc(N2C[C@@H](C(=O)NCc3ccc(C)cc3)CC2=O)cc1. The van der Waals surface area contributed by atoms with Gasteiger partial charge in [0.05, 0.1) is 12.5 Å². The van der Waals surface area contributed by atoms with Gasteiger partial charge in [0, 0.05) is 25.2 Å². The number of carbonyl (C=O) groups excluding carboxylic acids is 2. The van der Waals surface area contributed by atoms with Crippen molar-refractivity contribution < 1.29 is 14.3 Å². The predicted octanol–water partition coefficient (Wildman–Crippen LogP) is 3.06. The van der Waals surface area contributed by atoms with Gasteiger partial charge in [0.15, 0.2) is 0 Å². The molecule has 2 amide bonds. The molecule has 0 aromatic heterocycles. The van der Waals surface area contributed by atoms with Crippen LogP contribution < -0.4 is 15.0 Å². The minimum Gasteiger partial charge on any atom is -0.494 e. The molecule has 3 rings (SSSR count). The van der Waals surface area contributed by atoms with Crippen molar-refractivity contribution in [3.8, 4) is 5.75 Å². The molecule has 136 valence electrons. The van der Waals surface area contributed by atoms with E-state index >= 15 is 0 Å². The van der Waals surface area contributed by atoms with Gasteiger partial charge < -0.3 is 15.0 Å². The lowest BCUT2D eigenvalue weighted by atomic mass is 10.1. The number of amides is 2. The number of carbonyl (C=O) groups is 2. The van der Waals surface area contributed by atoms with Crippen LogP contribution in [0.5, 0.6) is 5.75 Å². The highest BCUT2D eigenvalue weighted by Gasteiger charge is 2.34. The first-order valence-corrected chi connectivity index (χ1v) is 8.93. The summed E-state index contributed by atoms with van der Waals surface area (Å²) in [7, 11) is 0. The first-order chi connectivity index (χ1) is 12.6. The molecular formula is C21H24N2O3. The summed E-state index contributed by atoms with van der Waals surface area (Å²) >= 11 is 0. The van der Waals surface area contributed by atoms with Crippen molar-refractivity contribution in [3.63, 3.8) is 0 Å². The first-order valence-electron chi connectivity index (χ1n) is 8.93. The molecule has 5 nitrogen and oxygen atoms in total. The second-order valence-electron chi connectivity index (χ2n) is 6.54. The fraction of sp³-hybridized carbons (Fsp3) is 0.333. The third kappa shape index (κ3) is 4.23. The van der Waals surface area contributed by atoms with Gasteiger partial charge in [-0.25, -0.2) is 0 Å². The Bertz CT molecular complexity index is 769. The van der Waals surface area contributed by atoms with E-state index in [0.29, 0.717) is 19.7 Å². The molecule has 1 fully saturated rings. The number of nitrogens with one attached hydrogen (secondary N) is 1. The lowest BCUT2D eigenvalue weighted by Crippen LogP contribution is -2.32. The lowest BCUT2D eigenvalue weighted by Gasteiger charge is -2.17. The summed E-state index contributed by atoms with van der Waals surface area (Å²) in [6.07, 6.45) is 0.243. The van der Waals surface area contributed by atoms with Gasteiger partial charge in [0.2, 0.25) is 11.8 Å². The topological polar surface area (TPSA) is 58.6 Å². The molecule has 26 heavy (non-hydrogen) atoms. The van der Waals surface area contributed by atoms with Crippen molar-refractivity contribution in [1.29, 1.82) is 0 Å². The quantitative estimate of drug-likeness (QED) is 0.869. The van der Waals surface area contributed by atoms with Gasteiger partial charge in [-0.1, -0.05) is 29.8 Å². The minimum absolute atomic E-state index is 0.0235. The van der Waals surface area contributed by atoms with E-state index in [9.17, 15) is 9.59 Å². The molecule has 2 aromatic rings. The Hall–Kier alpha value is -2.82. The van der Waals surface area contributed by atoms with E-state index < -0.39 is 0 Å². The third-order valence-corrected chi connectivity index (χ3v) is 4.54. The molecule has 5 heteroatoms. The molecule has 0 aliphatic carbocycles. The van der Waals surface area contributed by atoms with Gasteiger partial charge in [0.1, 0.15) is 5.75 Å². The number of hydrogen-bond donors (Lipinski definition) is 1. The van der Waals surface area contributed by atoms with E-state index in [1.807, 2.05) is 62.4 Å². The van der Waals surface area contributed by atoms with Gasteiger partial charge in [0.25, 0.3) is 0 Å². The molecule has 2 aromatic carbocycles. The summed E-state index contributed by atoms with van der Waals surface area (Å²) in [6, 6.07) is 15.4. The zero-order chi connectivity index (χ0) is 18.5. The number of nitrogens with zero attached hydrogens (tertiary/aromatic N) is 1. The van der Waals surface area contributed by atoms with Crippen LogP contribution in [0.25, 0.3) is 0 Å². The molecule has 0 spiro atoms. The molecule has 1 saturated heterocycles. The van der Waals surface area contributed by atoms with E-state index in [-0.39, 0.29) is 24.2 Å². The fourth-order valence-corrected chi connectivity index (χ4v) is 3.06. The summed E-state index contributed by atoms with van der Waals surface area (Å²) in [4.78, 5) is 26.4. The number of ether oxygens (including phenoxy) is 1. The van der Waals surface area contributed by atoms with Crippen LogP contribution in [-0.2, 0) is 16.1 Å². The predicted molar refractivity (Wildman–Crippen MR) is 101 cm³/mol. The molecule has 0 saturated carbocycles. The molecule has 0 unspecified atom stereocenters. The highest BCUT2D eigenvalue weighted by molar-refractivity contribution is 6.00. The Morgan fingerprint density at radius 2 is 1.85 bits per heavy atom. The number of anilines is 1. The molecule has 1 aliphatic rings. The van der Waals surface area contributed by atoms with E-state index in [0.717, 1.165) is 17.0 Å². The Morgan fingerprint density at radius 3 is 2.50 bits per heavy atom. The van der Waals surface area contributed by atoms with E-state index in [1.54, 1.807) is 4.90 Å². The van der Waals surface area contributed by atoms with Gasteiger partial charge in [-0.15, -0.1) is 0 Å². The fourth-order valence-electron chi connectivity index (χ4n) is 3.06. The number of rotatable bonds is 6. The summed E-state index contributed by atoms with van der Waals surface area (Å²) in [5, 5.41) is 2.94. The maximum absolute atomic E-state index is 12.4. The number of hydrogen-bond acceptors (Lipinski definition) is 3. The molecule has 0 radical (unpaired) electrons. The third-order valence-electron chi connectivity index (χ3n) is 4.54.